The highest BCUT2D eigenvalue weighted by atomic mass is 16.2. The number of amides is 2. The summed E-state index contributed by atoms with van der Waals surface area (Å²) in [5, 5.41) is 2.97. The number of rotatable bonds is 6. The molecule has 2 aliphatic rings. The lowest BCUT2D eigenvalue weighted by atomic mass is 9.92. The van der Waals surface area contributed by atoms with Crippen molar-refractivity contribution in [3.05, 3.63) is 0 Å². The van der Waals surface area contributed by atoms with Crippen molar-refractivity contribution in [3.63, 3.8) is 0 Å². The van der Waals surface area contributed by atoms with Gasteiger partial charge in [-0.1, -0.05) is 6.92 Å². The summed E-state index contributed by atoms with van der Waals surface area (Å²) >= 11 is 0. The highest BCUT2D eigenvalue weighted by Gasteiger charge is 2.29. The molecule has 0 unspecified atom stereocenters. The van der Waals surface area contributed by atoms with Gasteiger partial charge in [-0.05, 0) is 52.2 Å². The van der Waals surface area contributed by atoms with Gasteiger partial charge in [-0.25, -0.2) is 0 Å². The monoisotopic (exact) mass is 338 g/mol. The molecule has 0 saturated carbocycles. The SMILES string of the molecule is CCCNC(=O)[C@H](C)N1CCC(CC(=O)N2CCN(C)CC2)CC1. The zero-order valence-electron chi connectivity index (χ0n) is 15.6. The van der Waals surface area contributed by atoms with E-state index in [2.05, 4.69) is 29.1 Å². The van der Waals surface area contributed by atoms with Gasteiger partial charge in [0.2, 0.25) is 11.8 Å². The molecule has 0 aromatic rings. The molecule has 6 heteroatoms. The quantitative estimate of drug-likeness (QED) is 0.777. The van der Waals surface area contributed by atoms with E-state index in [4.69, 9.17) is 0 Å². The van der Waals surface area contributed by atoms with Crippen LogP contribution in [0.3, 0.4) is 0 Å². The Morgan fingerprint density at radius 1 is 1.08 bits per heavy atom. The second-order valence-electron chi connectivity index (χ2n) is 7.33. The third-order valence-electron chi connectivity index (χ3n) is 5.44. The summed E-state index contributed by atoms with van der Waals surface area (Å²) in [7, 11) is 2.11. The minimum Gasteiger partial charge on any atom is -0.355 e. The van der Waals surface area contributed by atoms with Crippen LogP contribution in [-0.4, -0.2) is 85.4 Å². The number of nitrogens with zero attached hydrogens (tertiary/aromatic N) is 3. The first kappa shape index (κ1) is 19.2. The Labute approximate surface area is 146 Å². The fourth-order valence-corrected chi connectivity index (χ4v) is 3.54. The van der Waals surface area contributed by atoms with Crippen molar-refractivity contribution in [2.24, 2.45) is 5.92 Å². The number of likely N-dealkylation sites (N-methyl/N-ethyl adjacent to an activating group) is 1. The number of hydrogen-bond acceptors (Lipinski definition) is 4. The molecule has 2 heterocycles. The summed E-state index contributed by atoms with van der Waals surface area (Å²) in [5.41, 5.74) is 0. The second-order valence-corrected chi connectivity index (χ2v) is 7.33. The molecule has 0 aromatic carbocycles. The predicted molar refractivity (Wildman–Crippen MR) is 95.8 cm³/mol. The van der Waals surface area contributed by atoms with E-state index in [1.807, 2.05) is 11.8 Å². The van der Waals surface area contributed by atoms with Crippen LogP contribution in [0.5, 0.6) is 0 Å². The molecule has 2 fully saturated rings. The Balaban J connectivity index is 1.70. The molecular formula is C18H34N4O2. The number of piperazine rings is 1. The first-order valence-electron chi connectivity index (χ1n) is 9.49. The Morgan fingerprint density at radius 2 is 1.71 bits per heavy atom. The van der Waals surface area contributed by atoms with Gasteiger partial charge in [-0.15, -0.1) is 0 Å². The minimum absolute atomic E-state index is 0.0640. The predicted octanol–water partition coefficient (Wildman–Crippen LogP) is 0.777. The lowest BCUT2D eigenvalue weighted by Gasteiger charge is -2.37. The molecule has 0 aromatic heterocycles. The normalized spacial score (nSPS) is 22.4. The number of carbonyl (C=O) groups is 2. The number of piperidine rings is 1. The first-order valence-corrected chi connectivity index (χ1v) is 9.49. The van der Waals surface area contributed by atoms with E-state index in [0.717, 1.165) is 65.1 Å². The van der Waals surface area contributed by atoms with Crippen molar-refractivity contribution >= 4 is 11.8 Å². The molecule has 6 nitrogen and oxygen atoms in total. The summed E-state index contributed by atoms with van der Waals surface area (Å²) in [6.45, 7) is 10.3. The van der Waals surface area contributed by atoms with E-state index in [9.17, 15) is 9.59 Å². The third-order valence-corrected chi connectivity index (χ3v) is 5.44. The van der Waals surface area contributed by atoms with Gasteiger partial charge in [0.25, 0.3) is 0 Å². The number of nitrogens with one attached hydrogen (secondary N) is 1. The van der Waals surface area contributed by atoms with Crippen molar-refractivity contribution in [2.75, 3.05) is 52.9 Å². The Kier molecular flexibility index (Phi) is 7.49. The van der Waals surface area contributed by atoms with Crippen molar-refractivity contribution < 1.29 is 9.59 Å². The van der Waals surface area contributed by atoms with Crippen molar-refractivity contribution in [2.45, 2.75) is 45.6 Å². The van der Waals surface area contributed by atoms with E-state index >= 15 is 0 Å². The maximum absolute atomic E-state index is 12.4. The number of likely N-dealkylation sites (tertiary alicyclic amines) is 1. The minimum atomic E-state index is -0.0640. The van der Waals surface area contributed by atoms with Crippen LogP contribution in [0.25, 0.3) is 0 Å². The summed E-state index contributed by atoms with van der Waals surface area (Å²) in [6.07, 6.45) is 3.68. The highest BCUT2D eigenvalue weighted by molar-refractivity contribution is 5.81. The smallest absolute Gasteiger partial charge is 0.237 e. The van der Waals surface area contributed by atoms with Crippen molar-refractivity contribution in [1.82, 2.24) is 20.0 Å². The van der Waals surface area contributed by atoms with Crippen molar-refractivity contribution in [3.8, 4) is 0 Å². The first-order chi connectivity index (χ1) is 11.5. The Bertz CT molecular complexity index is 413. The average Bonchev–Trinajstić information content (AvgIpc) is 2.60. The van der Waals surface area contributed by atoms with Gasteiger partial charge in [0.1, 0.15) is 0 Å². The van der Waals surface area contributed by atoms with Crippen LogP contribution in [0.1, 0.15) is 39.5 Å². The van der Waals surface area contributed by atoms with E-state index in [1.54, 1.807) is 0 Å². The number of hydrogen-bond donors (Lipinski definition) is 1. The molecule has 0 radical (unpaired) electrons. The molecule has 138 valence electrons. The van der Waals surface area contributed by atoms with E-state index < -0.39 is 0 Å². The van der Waals surface area contributed by atoms with E-state index in [0.29, 0.717) is 18.2 Å². The summed E-state index contributed by atoms with van der Waals surface area (Å²) in [6, 6.07) is -0.0640. The highest BCUT2D eigenvalue weighted by Crippen LogP contribution is 2.23. The van der Waals surface area contributed by atoms with E-state index in [-0.39, 0.29) is 11.9 Å². The van der Waals surface area contributed by atoms with Gasteiger partial charge in [-0.2, -0.15) is 0 Å². The van der Waals surface area contributed by atoms with Gasteiger partial charge < -0.3 is 15.1 Å². The molecular weight excluding hydrogens is 304 g/mol. The lowest BCUT2D eigenvalue weighted by molar-refractivity contribution is -0.134. The van der Waals surface area contributed by atoms with Gasteiger partial charge in [-0.3, -0.25) is 14.5 Å². The summed E-state index contributed by atoms with van der Waals surface area (Å²) in [5.74, 6) is 0.915. The molecule has 2 saturated heterocycles. The molecule has 1 N–H and O–H groups in total. The molecule has 0 spiro atoms. The lowest BCUT2D eigenvalue weighted by Crippen LogP contribution is -2.49. The molecule has 24 heavy (non-hydrogen) atoms. The number of carbonyl (C=O) groups excluding carboxylic acids is 2. The topological polar surface area (TPSA) is 55.9 Å². The van der Waals surface area contributed by atoms with Crippen LogP contribution in [0.2, 0.25) is 0 Å². The maximum atomic E-state index is 12.4. The Morgan fingerprint density at radius 3 is 2.29 bits per heavy atom. The average molecular weight is 338 g/mol. The van der Waals surface area contributed by atoms with Crippen LogP contribution >= 0.6 is 0 Å². The fourth-order valence-electron chi connectivity index (χ4n) is 3.54. The summed E-state index contributed by atoms with van der Waals surface area (Å²) in [4.78, 5) is 31.1. The molecule has 0 aliphatic carbocycles. The van der Waals surface area contributed by atoms with Gasteiger partial charge in [0.05, 0.1) is 6.04 Å². The zero-order valence-corrected chi connectivity index (χ0v) is 15.6. The van der Waals surface area contributed by atoms with E-state index in [1.165, 1.54) is 0 Å². The van der Waals surface area contributed by atoms with Crippen LogP contribution in [-0.2, 0) is 9.59 Å². The molecule has 0 bridgehead atoms. The zero-order chi connectivity index (χ0) is 17.5. The van der Waals surface area contributed by atoms with Gasteiger partial charge >= 0.3 is 0 Å². The van der Waals surface area contributed by atoms with Crippen molar-refractivity contribution in [1.29, 1.82) is 0 Å². The molecule has 2 aliphatic heterocycles. The third kappa shape index (κ3) is 5.45. The van der Waals surface area contributed by atoms with Gasteiger partial charge in [0.15, 0.2) is 0 Å². The standard InChI is InChI=1S/C18H34N4O2/c1-4-7-19-18(24)15(2)21-8-5-16(6-9-21)14-17(23)22-12-10-20(3)11-13-22/h15-16H,4-14H2,1-3H3,(H,19,24)/t15-/m0/s1. The Hall–Kier alpha value is -1.14. The van der Waals surface area contributed by atoms with Crippen LogP contribution in [0.4, 0.5) is 0 Å². The molecule has 1 atom stereocenters. The molecule has 2 rings (SSSR count). The molecule has 2 amide bonds. The largest absolute Gasteiger partial charge is 0.355 e. The van der Waals surface area contributed by atoms with Crippen LogP contribution in [0.15, 0.2) is 0 Å². The summed E-state index contributed by atoms with van der Waals surface area (Å²) < 4.78 is 0. The van der Waals surface area contributed by atoms with Gasteiger partial charge in [0, 0.05) is 39.1 Å². The fraction of sp³-hybridized carbons (Fsp3) is 0.889. The second kappa shape index (κ2) is 9.37. The van der Waals surface area contributed by atoms with Crippen LogP contribution < -0.4 is 5.32 Å². The van der Waals surface area contributed by atoms with Crippen LogP contribution in [0, 0.1) is 5.92 Å². The maximum Gasteiger partial charge on any atom is 0.237 e.